The Morgan fingerprint density at radius 3 is 3.18 bits per heavy atom. The van der Waals surface area contributed by atoms with Crippen LogP contribution in [0, 0.1) is 0 Å². The Labute approximate surface area is 103 Å². The summed E-state index contributed by atoms with van der Waals surface area (Å²) in [6.45, 7) is 4.26. The standard InChI is InChI=1S/C14H20N2O/c1-16-8-6-13-11(10-16)3-2-4-14(13)17-12-5-7-15-9-12/h2-4,12,15H,5-10H2,1H3. The van der Waals surface area contributed by atoms with E-state index >= 15 is 0 Å². The first-order chi connectivity index (χ1) is 8.33. The minimum atomic E-state index is 0.362. The van der Waals surface area contributed by atoms with Crippen LogP contribution in [0.25, 0.3) is 0 Å². The van der Waals surface area contributed by atoms with Gasteiger partial charge in [0.05, 0.1) is 0 Å². The van der Waals surface area contributed by atoms with Gasteiger partial charge in [0.2, 0.25) is 0 Å². The predicted molar refractivity (Wildman–Crippen MR) is 68.4 cm³/mol. The normalized spacial score (nSPS) is 24.6. The Kier molecular flexibility index (Phi) is 3.04. The van der Waals surface area contributed by atoms with Crippen LogP contribution in [0.3, 0.4) is 0 Å². The van der Waals surface area contributed by atoms with Gasteiger partial charge in [0, 0.05) is 19.6 Å². The molecule has 1 fully saturated rings. The van der Waals surface area contributed by atoms with E-state index in [4.69, 9.17) is 4.74 Å². The summed E-state index contributed by atoms with van der Waals surface area (Å²) in [6.07, 6.45) is 2.60. The minimum absolute atomic E-state index is 0.362. The minimum Gasteiger partial charge on any atom is -0.489 e. The summed E-state index contributed by atoms with van der Waals surface area (Å²) in [5, 5.41) is 3.35. The van der Waals surface area contributed by atoms with Gasteiger partial charge in [-0.2, -0.15) is 0 Å². The second-order valence-corrected chi connectivity index (χ2v) is 5.11. The number of benzene rings is 1. The molecule has 0 radical (unpaired) electrons. The van der Waals surface area contributed by atoms with Crippen molar-refractivity contribution in [1.29, 1.82) is 0 Å². The monoisotopic (exact) mass is 232 g/mol. The number of nitrogens with one attached hydrogen (secondary N) is 1. The van der Waals surface area contributed by atoms with E-state index in [9.17, 15) is 0 Å². The molecule has 3 rings (SSSR count). The quantitative estimate of drug-likeness (QED) is 0.834. The molecule has 3 heteroatoms. The van der Waals surface area contributed by atoms with Crippen molar-refractivity contribution < 1.29 is 4.74 Å². The third kappa shape index (κ3) is 2.31. The molecule has 2 aliphatic rings. The van der Waals surface area contributed by atoms with E-state index in [1.807, 2.05) is 0 Å². The Balaban J connectivity index is 1.82. The number of hydrogen-bond donors (Lipinski definition) is 1. The molecule has 0 saturated carbocycles. The molecule has 1 unspecified atom stereocenters. The number of fused-ring (bicyclic) bond motifs is 1. The molecule has 1 aromatic rings. The first-order valence-corrected chi connectivity index (χ1v) is 6.49. The smallest absolute Gasteiger partial charge is 0.123 e. The number of rotatable bonds is 2. The van der Waals surface area contributed by atoms with Gasteiger partial charge in [-0.05, 0) is 43.6 Å². The maximum Gasteiger partial charge on any atom is 0.123 e. The molecule has 17 heavy (non-hydrogen) atoms. The summed E-state index contributed by atoms with van der Waals surface area (Å²) >= 11 is 0. The van der Waals surface area contributed by atoms with E-state index in [-0.39, 0.29) is 0 Å². The number of nitrogens with zero attached hydrogens (tertiary/aromatic N) is 1. The molecular weight excluding hydrogens is 212 g/mol. The molecule has 92 valence electrons. The van der Waals surface area contributed by atoms with Gasteiger partial charge in [0.15, 0.2) is 0 Å². The van der Waals surface area contributed by atoms with Crippen molar-refractivity contribution in [2.75, 3.05) is 26.7 Å². The molecule has 2 heterocycles. The topological polar surface area (TPSA) is 24.5 Å². The van der Waals surface area contributed by atoms with Gasteiger partial charge < -0.3 is 15.0 Å². The van der Waals surface area contributed by atoms with Crippen LogP contribution >= 0.6 is 0 Å². The maximum absolute atomic E-state index is 6.13. The van der Waals surface area contributed by atoms with Crippen molar-refractivity contribution >= 4 is 0 Å². The molecule has 1 aromatic carbocycles. The molecule has 3 nitrogen and oxygen atoms in total. The van der Waals surface area contributed by atoms with Crippen LogP contribution in [0.2, 0.25) is 0 Å². The van der Waals surface area contributed by atoms with Gasteiger partial charge in [0.25, 0.3) is 0 Å². The molecule has 1 N–H and O–H groups in total. The molecule has 0 bridgehead atoms. The van der Waals surface area contributed by atoms with Crippen LogP contribution in [-0.4, -0.2) is 37.7 Å². The average molecular weight is 232 g/mol. The van der Waals surface area contributed by atoms with E-state index in [1.54, 1.807) is 0 Å². The zero-order valence-electron chi connectivity index (χ0n) is 10.4. The highest BCUT2D eigenvalue weighted by atomic mass is 16.5. The Bertz CT molecular complexity index is 399. The number of hydrogen-bond acceptors (Lipinski definition) is 3. The van der Waals surface area contributed by atoms with Crippen LogP contribution in [0.15, 0.2) is 18.2 Å². The first kappa shape index (κ1) is 11.1. The molecule has 0 spiro atoms. The second-order valence-electron chi connectivity index (χ2n) is 5.11. The van der Waals surface area contributed by atoms with E-state index < -0.39 is 0 Å². The lowest BCUT2D eigenvalue weighted by molar-refractivity contribution is 0.216. The fraction of sp³-hybridized carbons (Fsp3) is 0.571. The summed E-state index contributed by atoms with van der Waals surface area (Å²) in [4.78, 5) is 2.36. The van der Waals surface area contributed by atoms with Crippen LogP contribution < -0.4 is 10.1 Å². The maximum atomic E-state index is 6.13. The fourth-order valence-corrected chi connectivity index (χ4v) is 2.73. The molecule has 2 aliphatic heterocycles. The van der Waals surface area contributed by atoms with Crippen molar-refractivity contribution in [3.8, 4) is 5.75 Å². The van der Waals surface area contributed by atoms with E-state index in [2.05, 4.69) is 35.5 Å². The molecule has 0 amide bonds. The average Bonchev–Trinajstić information content (AvgIpc) is 2.82. The van der Waals surface area contributed by atoms with E-state index in [0.29, 0.717) is 6.10 Å². The zero-order chi connectivity index (χ0) is 11.7. The van der Waals surface area contributed by atoms with Crippen molar-refractivity contribution in [2.24, 2.45) is 0 Å². The summed E-state index contributed by atoms with van der Waals surface area (Å²) in [7, 11) is 2.18. The molecule has 0 aromatic heterocycles. The summed E-state index contributed by atoms with van der Waals surface area (Å²) in [5.41, 5.74) is 2.86. The Morgan fingerprint density at radius 2 is 2.35 bits per heavy atom. The zero-order valence-corrected chi connectivity index (χ0v) is 10.4. The van der Waals surface area contributed by atoms with Crippen LogP contribution in [0.4, 0.5) is 0 Å². The number of likely N-dealkylation sites (N-methyl/N-ethyl adjacent to an activating group) is 1. The summed E-state index contributed by atoms with van der Waals surface area (Å²) in [5.74, 6) is 1.12. The highest BCUT2D eigenvalue weighted by Gasteiger charge is 2.21. The van der Waals surface area contributed by atoms with Crippen molar-refractivity contribution in [3.63, 3.8) is 0 Å². The van der Waals surface area contributed by atoms with E-state index in [1.165, 1.54) is 11.1 Å². The second kappa shape index (κ2) is 4.67. The van der Waals surface area contributed by atoms with Gasteiger partial charge in [-0.25, -0.2) is 0 Å². The lowest BCUT2D eigenvalue weighted by atomic mass is 9.99. The van der Waals surface area contributed by atoms with Gasteiger partial charge in [-0.3, -0.25) is 0 Å². The SMILES string of the molecule is CN1CCc2c(cccc2OC2CCNC2)C1. The van der Waals surface area contributed by atoms with Crippen molar-refractivity contribution in [3.05, 3.63) is 29.3 Å². The Hall–Kier alpha value is -1.06. The van der Waals surface area contributed by atoms with Gasteiger partial charge in [0.1, 0.15) is 11.9 Å². The number of ether oxygens (including phenoxy) is 1. The highest BCUT2D eigenvalue weighted by Crippen LogP contribution is 2.28. The third-order valence-corrected chi connectivity index (χ3v) is 3.72. The molecule has 1 saturated heterocycles. The highest BCUT2D eigenvalue weighted by molar-refractivity contribution is 5.41. The molecule has 0 aliphatic carbocycles. The van der Waals surface area contributed by atoms with Crippen LogP contribution in [-0.2, 0) is 13.0 Å². The lowest BCUT2D eigenvalue weighted by Crippen LogP contribution is -2.28. The van der Waals surface area contributed by atoms with Gasteiger partial charge >= 0.3 is 0 Å². The van der Waals surface area contributed by atoms with Gasteiger partial charge in [-0.15, -0.1) is 0 Å². The van der Waals surface area contributed by atoms with Crippen molar-refractivity contribution in [1.82, 2.24) is 10.2 Å². The first-order valence-electron chi connectivity index (χ1n) is 6.49. The predicted octanol–water partition coefficient (Wildman–Crippen LogP) is 1.42. The lowest BCUT2D eigenvalue weighted by Gasteiger charge is -2.27. The van der Waals surface area contributed by atoms with Crippen molar-refractivity contribution in [2.45, 2.75) is 25.5 Å². The summed E-state index contributed by atoms with van der Waals surface area (Å²) in [6, 6.07) is 6.48. The third-order valence-electron chi connectivity index (χ3n) is 3.72. The Morgan fingerprint density at radius 1 is 1.41 bits per heavy atom. The molecule has 1 atom stereocenters. The van der Waals surface area contributed by atoms with E-state index in [0.717, 1.165) is 44.8 Å². The van der Waals surface area contributed by atoms with Gasteiger partial charge in [-0.1, -0.05) is 12.1 Å². The fourth-order valence-electron chi connectivity index (χ4n) is 2.73. The molecular formula is C14H20N2O. The summed E-state index contributed by atoms with van der Waals surface area (Å²) < 4.78 is 6.13. The largest absolute Gasteiger partial charge is 0.489 e. The van der Waals surface area contributed by atoms with Crippen LogP contribution in [0.1, 0.15) is 17.5 Å². The van der Waals surface area contributed by atoms with Crippen LogP contribution in [0.5, 0.6) is 5.75 Å².